The Hall–Kier alpha value is -1.07. The highest BCUT2D eigenvalue weighted by molar-refractivity contribution is 8.13. The zero-order chi connectivity index (χ0) is 10.1. The molecule has 0 aromatic heterocycles. The van der Waals surface area contributed by atoms with E-state index in [0.717, 1.165) is 0 Å². The minimum absolute atomic E-state index is 0.0563. The SMILES string of the molecule is NC(=O)c1ccc(S(=O)(=O)Cl)cc1. The third-order valence-corrected chi connectivity index (χ3v) is 2.79. The first-order valence-electron chi connectivity index (χ1n) is 3.26. The van der Waals surface area contributed by atoms with Crippen molar-refractivity contribution in [2.75, 3.05) is 0 Å². The topological polar surface area (TPSA) is 77.2 Å². The largest absolute Gasteiger partial charge is 0.366 e. The summed E-state index contributed by atoms with van der Waals surface area (Å²) < 4.78 is 21.5. The van der Waals surface area contributed by atoms with Crippen LogP contribution in [0.4, 0.5) is 0 Å². The number of halogens is 1. The summed E-state index contributed by atoms with van der Waals surface area (Å²) in [5.41, 5.74) is 5.19. The van der Waals surface area contributed by atoms with Gasteiger partial charge in [-0.25, -0.2) is 8.42 Å². The molecule has 0 aliphatic carbocycles. The summed E-state index contributed by atoms with van der Waals surface area (Å²) in [4.78, 5) is 10.5. The molecule has 0 atom stereocenters. The van der Waals surface area contributed by atoms with E-state index in [4.69, 9.17) is 16.4 Å². The second-order valence-corrected chi connectivity index (χ2v) is 4.89. The highest BCUT2D eigenvalue weighted by Gasteiger charge is 2.09. The van der Waals surface area contributed by atoms with Crippen molar-refractivity contribution in [3.63, 3.8) is 0 Å². The molecule has 0 heterocycles. The van der Waals surface area contributed by atoms with Crippen molar-refractivity contribution in [1.29, 1.82) is 0 Å². The fourth-order valence-electron chi connectivity index (χ4n) is 0.782. The molecule has 0 unspecified atom stereocenters. The lowest BCUT2D eigenvalue weighted by atomic mass is 10.2. The van der Waals surface area contributed by atoms with E-state index >= 15 is 0 Å². The lowest BCUT2D eigenvalue weighted by Crippen LogP contribution is -2.10. The molecule has 0 fully saturated rings. The summed E-state index contributed by atoms with van der Waals surface area (Å²) in [5.74, 6) is -0.612. The first kappa shape index (κ1) is 10.0. The average molecular weight is 220 g/mol. The maximum absolute atomic E-state index is 10.8. The van der Waals surface area contributed by atoms with E-state index in [-0.39, 0.29) is 10.5 Å². The van der Waals surface area contributed by atoms with Gasteiger partial charge in [0.2, 0.25) is 5.91 Å². The third kappa shape index (κ3) is 2.43. The Kier molecular flexibility index (Phi) is 2.58. The summed E-state index contributed by atoms with van der Waals surface area (Å²) in [6, 6.07) is 5.06. The molecule has 0 aliphatic heterocycles. The molecule has 6 heteroatoms. The monoisotopic (exact) mass is 219 g/mol. The van der Waals surface area contributed by atoms with Gasteiger partial charge in [0, 0.05) is 16.2 Å². The molecule has 0 bridgehead atoms. The van der Waals surface area contributed by atoms with Crippen molar-refractivity contribution in [2.45, 2.75) is 4.90 Å². The smallest absolute Gasteiger partial charge is 0.261 e. The molecule has 1 aromatic carbocycles. The molecular weight excluding hydrogens is 214 g/mol. The van der Waals surface area contributed by atoms with E-state index in [1.54, 1.807) is 0 Å². The van der Waals surface area contributed by atoms with Gasteiger partial charge in [0.15, 0.2) is 0 Å². The molecule has 0 radical (unpaired) electrons. The second-order valence-electron chi connectivity index (χ2n) is 2.33. The molecule has 0 aliphatic rings. The molecule has 70 valence electrons. The first-order chi connectivity index (χ1) is 5.91. The zero-order valence-corrected chi connectivity index (χ0v) is 7.97. The summed E-state index contributed by atoms with van der Waals surface area (Å²) in [7, 11) is 1.32. The Morgan fingerprint density at radius 2 is 1.69 bits per heavy atom. The Labute approximate surface area is 79.7 Å². The molecule has 1 aromatic rings. The zero-order valence-electron chi connectivity index (χ0n) is 6.40. The highest BCUT2D eigenvalue weighted by Crippen LogP contribution is 2.14. The van der Waals surface area contributed by atoms with Crippen LogP contribution in [0.3, 0.4) is 0 Å². The molecule has 13 heavy (non-hydrogen) atoms. The average Bonchev–Trinajstić information content (AvgIpc) is 2.03. The van der Waals surface area contributed by atoms with Gasteiger partial charge in [0.05, 0.1) is 4.90 Å². The second kappa shape index (κ2) is 3.35. The van der Waals surface area contributed by atoms with E-state index in [2.05, 4.69) is 0 Å². The number of carbonyl (C=O) groups is 1. The Morgan fingerprint density at radius 3 is 2.00 bits per heavy atom. The lowest BCUT2D eigenvalue weighted by Gasteiger charge is -1.96. The van der Waals surface area contributed by atoms with Crippen molar-refractivity contribution in [2.24, 2.45) is 5.73 Å². The van der Waals surface area contributed by atoms with Gasteiger partial charge in [-0.05, 0) is 24.3 Å². The number of hydrogen-bond acceptors (Lipinski definition) is 3. The van der Waals surface area contributed by atoms with Crippen molar-refractivity contribution < 1.29 is 13.2 Å². The predicted octanol–water partition coefficient (Wildman–Crippen LogP) is 0.713. The molecule has 4 nitrogen and oxygen atoms in total. The molecule has 1 rings (SSSR count). The number of nitrogens with two attached hydrogens (primary N) is 1. The molecule has 0 saturated heterocycles. The van der Waals surface area contributed by atoms with Crippen LogP contribution in [-0.2, 0) is 9.05 Å². The summed E-state index contributed by atoms with van der Waals surface area (Å²) in [5, 5.41) is 0. The molecule has 1 amide bonds. The van der Waals surface area contributed by atoms with E-state index < -0.39 is 15.0 Å². The van der Waals surface area contributed by atoms with Crippen LogP contribution in [-0.4, -0.2) is 14.3 Å². The Balaban J connectivity index is 3.16. The number of carbonyl (C=O) groups excluding carboxylic acids is 1. The lowest BCUT2D eigenvalue weighted by molar-refractivity contribution is 0.1000. The van der Waals surface area contributed by atoms with Gasteiger partial charge < -0.3 is 5.73 Å². The maximum atomic E-state index is 10.8. The van der Waals surface area contributed by atoms with Crippen LogP contribution in [0.1, 0.15) is 10.4 Å². The van der Waals surface area contributed by atoms with Crippen LogP contribution in [0.15, 0.2) is 29.2 Å². The normalized spacial score (nSPS) is 11.2. The third-order valence-electron chi connectivity index (χ3n) is 1.42. The van der Waals surface area contributed by atoms with Crippen molar-refractivity contribution >= 4 is 25.6 Å². The van der Waals surface area contributed by atoms with Gasteiger partial charge in [0.1, 0.15) is 0 Å². The van der Waals surface area contributed by atoms with E-state index in [1.807, 2.05) is 0 Å². The van der Waals surface area contributed by atoms with Gasteiger partial charge in [-0.2, -0.15) is 0 Å². The standard InChI is InChI=1S/C7H6ClNO3S/c8-13(11,12)6-3-1-5(2-4-6)7(9)10/h1-4H,(H2,9,10). The fraction of sp³-hybridized carbons (Fsp3) is 0. The van der Waals surface area contributed by atoms with Gasteiger partial charge in [0.25, 0.3) is 9.05 Å². The van der Waals surface area contributed by atoms with Crippen LogP contribution in [0.5, 0.6) is 0 Å². The number of hydrogen-bond donors (Lipinski definition) is 1. The van der Waals surface area contributed by atoms with Crippen LogP contribution < -0.4 is 5.73 Å². The molecule has 2 N–H and O–H groups in total. The van der Waals surface area contributed by atoms with Gasteiger partial charge in [-0.15, -0.1) is 0 Å². The van der Waals surface area contributed by atoms with E-state index in [0.29, 0.717) is 0 Å². The number of amides is 1. The minimum atomic E-state index is -3.73. The van der Waals surface area contributed by atoms with E-state index in [9.17, 15) is 13.2 Å². The van der Waals surface area contributed by atoms with Crippen molar-refractivity contribution in [3.05, 3.63) is 29.8 Å². The summed E-state index contributed by atoms with van der Waals surface area (Å²) in [6.45, 7) is 0. The van der Waals surface area contributed by atoms with Crippen LogP contribution in [0.2, 0.25) is 0 Å². The van der Waals surface area contributed by atoms with Gasteiger partial charge in [-0.3, -0.25) is 4.79 Å². The van der Waals surface area contributed by atoms with Crippen LogP contribution in [0.25, 0.3) is 0 Å². The number of rotatable bonds is 2. The van der Waals surface area contributed by atoms with Crippen molar-refractivity contribution in [1.82, 2.24) is 0 Å². The Bertz CT molecular complexity index is 424. The van der Waals surface area contributed by atoms with Crippen LogP contribution >= 0.6 is 10.7 Å². The summed E-state index contributed by atoms with van der Waals surface area (Å²) in [6.07, 6.45) is 0. The maximum Gasteiger partial charge on any atom is 0.261 e. The minimum Gasteiger partial charge on any atom is -0.366 e. The van der Waals surface area contributed by atoms with Crippen LogP contribution in [0, 0.1) is 0 Å². The number of primary amides is 1. The number of benzene rings is 1. The predicted molar refractivity (Wildman–Crippen MR) is 48.0 cm³/mol. The van der Waals surface area contributed by atoms with E-state index in [1.165, 1.54) is 24.3 Å². The van der Waals surface area contributed by atoms with Gasteiger partial charge in [-0.1, -0.05) is 0 Å². The fourth-order valence-corrected chi connectivity index (χ4v) is 1.55. The molecule has 0 spiro atoms. The quantitative estimate of drug-likeness (QED) is 0.745. The molecular formula is C7H6ClNO3S. The summed E-state index contributed by atoms with van der Waals surface area (Å²) >= 11 is 0. The van der Waals surface area contributed by atoms with Crippen molar-refractivity contribution in [3.8, 4) is 0 Å². The Morgan fingerprint density at radius 1 is 1.23 bits per heavy atom. The first-order valence-corrected chi connectivity index (χ1v) is 5.57. The highest BCUT2D eigenvalue weighted by atomic mass is 35.7. The molecule has 0 saturated carbocycles. The van der Waals surface area contributed by atoms with Gasteiger partial charge >= 0.3 is 0 Å².